The SMILES string of the molecule is COC(=O)c1cn(C)c2cc(N3CCN(C)CC3)ccc12. The number of nitrogens with zero attached hydrogens (tertiary/aromatic N) is 3. The lowest BCUT2D eigenvalue weighted by atomic mass is 10.1. The summed E-state index contributed by atoms with van der Waals surface area (Å²) in [4.78, 5) is 16.5. The molecular weight excluding hydrogens is 266 g/mol. The molecule has 1 fully saturated rings. The van der Waals surface area contributed by atoms with Crippen molar-refractivity contribution < 1.29 is 9.53 Å². The van der Waals surface area contributed by atoms with Crippen LogP contribution in [0.2, 0.25) is 0 Å². The molecule has 0 spiro atoms. The highest BCUT2D eigenvalue weighted by Crippen LogP contribution is 2.27. The number of carbonyl (C=O) groups excluding carboxylic acids is 1. The van der Waals surface area contributed by atoms with E-state index in [0.29, 0.717) is 5.56 Å². The van der Waals surface area contributed by atoms with Gasteiger partial charge in [0.1, 0.15) is 0 Å². The Morgan fingerprint density at radius 2 is 1.86 bits per heavy atom. The third-order valence-electron chi connectivity index (χ3n) is 4.25. The molecule has 1 aliphatic heterocycles. The van der Waals surface area contributed by atoms with Crippen molar-refractivity contribution in [2.45, 2.75) is 0 Å². The van der Waals surface area contributed by atoms with Gasteiger partial charge in [-0.3, -0.25) is 0 Å². The van der Waals surface area contributed by atoms with E-state index in [2.05, 4.69) is 29.0 Å². The largest absolute Gasteiger partial charge is 0.465 e. The summed E-state index contributed by atoms with van der Waals surface area (Å²) in [7, 11) is 5.53. The van der Waals surface area contributed by atoms with Crippen LogP contribution in [0.25, 0.3) is 10.9 Å². The Kier molecular flexibility index (Phi) is 3.59. The Balaban J connectivity index is 1.97. The first-order chi connectivity index (χ1) is 10.1. The molecule has 0 radical (unpaired) electrons. The minimum atomic E-state index is -0.284. The minimum Gasteiger partial charge on any atom is -0.465 e. The van der Waals surface area contributed by atoms with Gasteiger partial charge in [-0.15, -0.1) is 0 Å². The lowest BCUT2D eigenvalue weighted by Gasteiger charge is -2.34. The summed E-state index contributed by atoms with van der Waals surface area (Å²) in [6, 6.07) is 6.28. The number of aromatic nitrogens is 1. The van der Waals surface area contributed by atoms with Gasteiger partial charge in [-0.05, 0) is 25.2 Å². The molecule has 21 heavy (non-hydrogen) atoms. The molecule has 1 aliphatic rings. The number of piperazine rings is 1. The fraction of sp³-hybridized carbons (Fsp3) is 0.438. The van der Waals surface area contributed by atoms with Crippen LogP contribution in [0.1, 0.15) is 10.4 Å². The number of aryl methyl sites for hydroxylation is 1. The molecule has 0 aliphatic carbocycles. The van der Waals surface area contributed by atoms with Gasteiger partial charge in [-0.25, -0.2) is 4.79 Å². The maximum absolute atomic E-state index is 11.8. The lowest BCUT2D eigenvalue weighted by Crippen LogP contribution is -2.44. The number of methoxy groups -OCH3 is 1. The average molecular weight is 287 g/mol. The summed E-state index contributed by atoms with van der Waals surface area (Å²) in [5, 5.41) is 0.947. The number of fused-ring (bicyclic) bond motifs is 1. The number of esters is 1. The van der Waals surface area contributed by atoms with Crippen LogP contribution < -0.4 is 4.90 Å². The van der Waals surface area contributed by atoms with Crippen LogP contribution in [-0.4, -0.2) is 55.8 Å². The van der Waals surface area contributed by atoms with E-state index in [0.717, 1.165) is 37.1 Å². The molecule has 0 atom stereocenters. The molecule has 2 heterocycles. The monoisotopic (exact) mass is 287 g/mol. The Morgan fingerprint density at radius 1 is 1.14 bits per heavy atom. The van der Waals surface area contributed by atoms with Crippen molar-refractivity contribution in [3.05, 3.63) is 30.0 Å². The Morgan fingerprint density at radius 3 is 2.52 bits per heavy atom. The zero-order chi connectivity index (χ0) is 15.0. The fourth-order valence-corrected chi connectivity index (χ4v) is 2.91. The predicted octanol–water partition coefficient (Wildman–Crippen LogP) is 1.72. The predicted molar refractivity (Wildman–Crippen MR) is 84.0 cm³/mol. The molecule has 0 N–H and O–H groups in total. The van der Waals surface area contributed by atoms with Crippen molar-refractivity contribution in [3.63, 3.8) is 0 Å². The van der Waals surface area contributed by atoms with Gasteiger partial charge >= 0.3 is 5.97 Å². The van der Waals surface area contributed by atoms with E-state index >= 15 is 0 Å². The molecule has 0 bridgehead atoms. The van der Waals surface area contributed by atoms with Gasteiger partial charge in [-0.2, -0.15) is 0 Å². The van der Waals surface area contributed by atoms with Crippen molar-refractivity contribution in [1.29, 1.82) is 0 Å². The van der Waals surface area contributed by atoms with Gasteiger partial charge in [0, 0.05) is 50.5 Å². The number of hydrogen-bond donors (Lipinski definition) is 0. The average Bonchev–Trinajstić information content (AvgIpc) is 2.84. The number of benzene rings is 1. The standard InChI is InChI=1S/C16H21N3O2/c1-17-6-8-19(9-7-17)12-4-5-13-14(16(20)21-3)11-18(2)15(13)10-12/h4-5,10-11H,6-9H2,1-3H3. The van der Waals surface area contributed by atoms with E-state index in [1.54, 1.807) is 0 Å². The molecule has 5 heteroatoms. The molecule has 0 unspecified atom stereocenters. The van der Waals surface area contributed by atoms with E-state index in [1.165, 1.54) is 12.8 Å². The second-order valence-electron chi connectivity index (χ2n) is 5.64. The summed E-state index contributed by atoms with van der Waals surface area (Å²) in [5.41, 5.74) is 2.90. The van der Waals surface area contributed by atoms with Crippen LogP contribution in [0.5, 0.6) is 0 Å². The second-order valence-corrected chi connectivity index (χ2v) is 5.64. The number of hydrogen-bond acceptors (Lipinski definition) is 4. The molecule has 2 aromatic rings. The quantitative estimate of drug-likeness (QED) is 0.788. The highest BCUT2D eigenvalue weighted by atomic mass is 16.5. The van der Waals surface area contributed by atoms with E-state index in [-0.39, 0.29) is 5.97 Å². The van der Waals surface area contributed by atoms with Crippen molar-refractivity contribution in [3.8, 4) is 0 Å². The highest BCUT2D eigenvalue weighted by molar-refractivity contribution is 6.05. The zero-order valence-electron chi connectivity index (χ0n) is 12.8. The summed E-state index contributed by atoms with van der Waals surface area (Å²) in [6.45, 7) is 4.24. The van der Waals surface area contributed by atoms with Gasteiger partial charge in [0.25, 0.3) is 0 Å². The van der Waals surface area contributed by atoms with Crippen LogP contribution in [-0.2, 0) is 11.8 Å². The normalized spacial score (nSPS) is 16.4. The number of ether oxygens (including phenoxy) is 1. The van der Waals surface area contributed by atoms with Gasteiger partial charge in [-0.1, -0.05) is 0 Å². The van der Waals surface area contributed by atoms with Crippen LogP contribution in [0, 0.1) is 0 Å². The van der Waals surface area contributed by atoms with E-state index in [9.17, 15) is 4.79 Å². The number of likely N-dealkylation sites (N-methyl/N-ethyl adjacent to an activating group) is 1. The molecule has 0 saturated carbocycles. The molecule has 1 saturated heterocycles. The van der Waals surface area contributed by atoms with E-state index in [1.807, 2.05) is 23.9 Å². The molecule has 0 amide bonds. The van der Waals surface area contributed by atoms with Crippen molar-refractivity contribution in [1.82, 2.24) is 9.47 Å². The smallest absolute Gasteiger partial charge is 0.340 e. The van der Waals surface area contributed by atoms with Gasteiger partial charge in [0.2, 0.25) is 0 Å². The zero-order valence-corrected chi connectivity index (χ0v) is 12.8. The highest BCUT2D eigenvalue weighted by Gasteiger charge is 2.18. The molecule has 3 rings (SSSR count). The Bertz CT molecular complexity index is 669. The first-order valence-corrected chi connectivity index (χ1v) is 7.21. The minimum absolute atomic E-state index is 0.284. The number of rotatable bonds is 2. The van der Waals surface area contributed by atoms with Gasteiger partial charge in [0.15, 0.2) is 0 Å². The lowest BCUT2D eigenvalue weighted by molar-refractivity contribution is 0.0603. The topological polar surface area (TPSA) is 37.7 Å². The molecular formula is C16H21N3O2. The maximum atomic E-state index is 11.8. The third kappa shape index (κ3) is 2.49. The van der Waals surface area contributed by atoms with Gasteiger partial charge < -0.3 is 19.1 Å². The number of anilines is 1. The van der Waals surface area contributed by atoms with Crippen molar-refractivity contribution in [2.24, 2.45) is 7.05 Å². The first kappa shape index (κ1) is 13.9. The van der Waals surface area contributed by atoms with Crippen LogP contribution in [0.15, 0.2) is 24.4 Å². The molecule has 1 aromatic carbocycles. The fourth-order valence-electron chi connectivity index (χ4n) is 2.91. The van der Waals surface area contributed by atoms with E-state index < -0.39 is 0 Å². The molecule has 112 valence electrons. The van der Waals surface area contributed by atoms with Crippen LogP contribution >= 0.6 is 0 Å². The molecule has 1 aromatic heterocycles. The number of carbonyl (C=O) groups is 1. The van der Waals surface area contributed by atoms with Gasteiger partial charge in [0.05, 0.1) is 18.2 Å². The van der Waals surface area contributed by atoms with Crippen molar-refractivity contribution >= 4 is 22.6 Å². The van der Waals surface area contributed by atoms with E-state index in [4.69, 9.17) is 4.74 Å². The second kappa shape index (κ2) is 5.41. The summed E-state index contributed by atoms with van der Waals surface area (Å²) >= 11 is 0. The van der Waals surface area contributed by atoms with Crippen LogP contribution in [0.3, 0.4) is 0 Å². The first-order valence-electron chi connectivity index (χ1n) is 7.21. The third-order valence-corrected chi connectivity index (χ3v) is 4.25. The summed E-state index contributed by atoms with van der Waals surface area (Å²) in [6.07, 6.45) is 1.84. The van der Waals surface area contributed by atoms with Crippen LogP contribution in [0.4, 0.5) is 5.69 Å². The van der Waals surface area contributed by atoms with Crippen molar-refractivity contribution in [2.75, 3.05) is 45.2 Å². The Labute approximate surface area is 124 Å². The molecule has 5 nitrogen and oxygen atoms in total. The maximum Gasteiger partial charge on any atom is 0.340 e. The summed E-state index contributed by atoms with van der Waals surface area (Å²) < 4.78 is 6.84. The summed E-state index contributed by atoms with van der Waals surface area (Å²) in [5.74, 6) is -0.284. The Hall–Kier alpha value is -2.01.